The molecule has 5 rings (SSSR count). The van der Waals surface area contributed by atoms with Gasteiger partial charge in [-0.15, -0.1) is 0 Å². The van der Waals surface area contributed by atoms with Crippen molar-refractivity contribution in [2.24, 2.45) is 5.92 Å². The van der Waals surface area contributed by atoms with E-state index in [0.29, 0.717) is 18.5 Å². The standard InChI is InChI=1S/C30H31FN2O2/c1-30(21-22-7-3-2-4-8-22)26-9-5-6-10-27(26)33(29(30)35)20-19-32-17-15-24(16-18-32)28(34)23-11-13-25(31)14-12-23/h2-14,24H,15-21H2,1H3. The van der Waals surface area contributed by atoms with Crippen LogP contribution < -0.4 is 4.90 Å². The van der Waals surface area contributed by atoms with Gasteiger partial charge in [-0.2, -0.15) is 0 Å². The fourth-order valence-electron chi connectivity index (χ4n) is 5.61. The highest BCUT2D eigenvalue weighted by molar-refractivity contribution is 6.08. The maximum absolute atomic E-state index is 13.7. The number of benzene rings is 3. The number of nitrogens with zero attached hydrogens (tertiary/aromatic N) is 2. The molecule has 1 unspecified atom stereocenters. The predicted octanol–water partition coefficient (Wildman–Crippen LogP) is 5.27. The minimum Gasteiger partial charge on any atom is -0.310 e. The molecule has 0 radical (unpaired) electrons. The normalized spacial score (nSPS) is 20.7. The fourth-order valence-corrected chi connectivity index (χ4v) is 5.61. The van der Waals surface area contributed by atoms with Gasteiger partial charge in [0, 0.05) is 30.3 Å². The Kier molecular flexibility index (Phi) is 6.52. The zero-order valence-corrected chi connectivity index (χ0v) is 20.1. The molecule has 1 atom stereocenters. The second kappa shape index (κ2) is 9.74. The maximum Gasteiger partial charge on any atom is 0.237 e. The minimum absolute atomic E-state index is 0.0278. The lowest BCUT2D eigenvalue weighted by Crippen LogP contribution is -2.45. The number of halogens is 1. The molecular formula is C30H31FN2O2. The van der Waals surface area contributed by atoms with E-state index in [9.17, 15) is 14.0 Å². The lowest BCUT2D eigenvalue weighted by molar-refractivity contribution is -0.122. The average molecular weight is 471 g/mol. The van der Waals surface area contributed by atoms with Gasteiger partial charge in [-0.25, -0.2) is 4.39 Å². The maximum atomic E-state index is 13.7. The highest BCUT2D eigenvalue weighted by Gasteiger charge is 2.47. The van der Waals surface area contributed by atoms with Crippen molar-refractivity contribution in [3.8, 4) is 0 Å². The van der Waals surface area contributed by atoms with E-state index in [1.165, 1.54) is 12.1 Å². The summed E-state index contributed by atoms with van der Waals surface area (Å²) in [7, 11) is 0. The smallest absolute Gasteiger partial charge is 0.237 e. The molecule has 0 N–H and O–H groups in total. The summed E-state index contributed by atoms with van der Waals surface area (Å²) in [5.74, 6) is -0.0943. The topological polar surface area (TPSA) is 40.6 Å². The van der Waals surface area contributed by atoms with Gasteiger partial charge in [0.25, 0.3) is 0 Å². The summed E-state index contributed by atoms with van der Waals surface area (Å²) in [4.78, 5) is 30.8. The Labute approximate surface area is 206 Å². The first-order valence-electron chi connectivity index (χ1n) is 12.4. The number of Topliss-reactive ketones (excluding diaryl/α,β-unsaturated/α-hetero) is 1. The number of amides is 1. The third-order valence-electron chi connectivity index (χ3n) is 7.63. The summed E-state index contributed by atoms with van der Waals surface area (Å²) in [6.45, 7) is 5.12. The van der Waals surface area contributed by atoms with Crippen LogP contribution in [0.1, 0.15) is 41.3 Å². The molecule has 3 aromatic carbocycles. The van der Waals surface area contributed by atoms with E-state index in [4.69, 9.17) is 0 Å². The molecule has 0 saturated carbocycles. The zero-order chi connectivity index (χ0) is 24.4. The summed E-state index contributed by atoms with van der Waals surface area (Å²) in [5, 5.41) is 0. The molecule has 0 aliphatic carbocycles. The van der Waals surface area contributed by atoms with Crippen molar-refractivity contribution < 1.29 is 14.0 Å². The van der Waals surface area contributed by atoms with Crippen LogP contribution in [0.25, 0.3) is 0 Å². The predicted molar refractivity (Wildman–Crippen MR) is 136 cm³/mol. The lowest BCUT2D eigenvalue weighted by Gasteiger charge is -2.33. The highest BCUT2D eigenvalue weighted by atomic mass is 19.1. The molecule has 2 aliphatic rings. The van der Waals surface area contributed by atoms with Gasteiger partial charge in [-0.3, -0.25) is 9.59 Å². The molecule has 0 bridgehead atoms. The van der Waals surface area contributed by atoms with Crippen LogP contribution in [0.4, 0.5) is 10.1 Å². The zero-order valence-electron chi connectivity index (χ0n) is 20.1. The minimum atomic E-state index is -0.577. The van der Waals surface area contributed by atoms with Crippen LogP contribution in [0.5, 0.6) is 0 Å². The monoisotopic (exact) mass is 470 g/mol. The van der Waals surface area contributed by atoms with Crippen LogP contribution >= 0.6 is 0 Å². The van der Waals surface area contributed by atoms with Crippen molar-refractivity contribution in [2.45, 2.75) is 31.6 Å². The molecule has 1 saturated heterocycles. The highest BCUT2D eigenvalue weighted by Crippen LogP contribution is 2.43. The summed E-state index contributed by atoms with van der Waals surface area (Å²) in [5.41, 5.74) is 3.27. The van der Waals surface area contributed by atoms with Gasteiger partial charge in [-0.05, 0) is 80.7 Å². The first-order valence-corrected chi connectivity index (χ1v) is 12.4. The Balaban J connectivity index is 1.22. The Hall–Kier alpha value is -3.31. The molecule has 4 nitrogen and oxygen atoms in total. The van der Waals surface area contributed by atoms with Gasteiger partial charge >= 0.3 is 0 Å². The third kappa shape index (κ3) is 4.65. The Morgan fingerprint density at radius 1 is 0.914 bits per heavy atom. The third-order valence-corrected chi connectivity index (χ3v) is 7.63. The van der Waals surface area contributed by atoms with Crippen LogP contribution in [0.15, 0.2) is 78.9 Å². The molecule has 0 spiro atoms. The quantitative estimate of drug-likeness (QED) is 0.442. The summed E-state index contributed by atoms with van der Waals surface area (Å²) in [6, 6.07) is 24.2. The molecule has 35 heavy (non-hydrogen) atoms. The van der Waals surface area contributed by atoms with E-state index >= 15 is 0 Å². The molecule has 180 valence electrons. The number of hydrogen-bond donors (Lipinski definition) is 0. The number of rotatable bonds is 7. The summed E-state index contributed by atoms with van der Waals surface area (Å²) in [6.07, 6.45) is 2.25. The van der Waals surface area contributed by atoms with Crippen molar-refractivity contribution in [2.75, 3.05) is 31.1 Å². The van der Waals surface area contributed by atoms with Crippen molar-refractivity contribution in [1.29, 1.82) is 0 Å². The second-order valence-corrected chi connectivity index (χ2v) is 9.96. The number of carbonyl (C=O) groups is 2. The van der Waals surface area contributed by atoms with Gasteiger partial charge in [0.2, 0.25) is 5.91 Å². The van der Waals surface area contributed by atoms with Crippen LogP contribution in [0, 0.1) is 11.7 Å². The van der Waals surface area contributed by atoms with Gasteiger partial charge in [0.15, 0.2) is 5.78 Å². The lowest BCUT2D eigenvalue weighted by atomic mass is 9.78. The first kappa shape index (κ1) is 23.4. The first-order chi connectivity index (χ1) is 17.0. The molecule has 2 heterocycles. The van der Waals surface area contributed by atoms with Gasteiger partial charge in [0.05, 0.1) is 5.41 Å². The number of likely N-dealkylation sites (tertiary alicyclic amines) is 1. The SMILES string of the molecule is CC1(Cc2ccccc2)C(=O)N(CCN2CCC(C(=O)c3ccc(F)cc3)CC2)c2ccccc21. The van der Waals surface area contributed by atoms with Crippen LogP contribution in [0.2, 0.25) is 0 Å². The number of carbonyl (C=O) groups excluding carboxylic acids is 2. The molecule has 2 aliphatic heterocycles. The van der Waals surface area contributed by atoms with E-state index in [2.05, 4.69) is 36.1 Å². The summed E-state index contributed by atoms with van der Waals surface area (Å²) >= 11 is 0. The van der Waals surface area contributed by atoms with E-state index in [1.807, 2.05) is 35.2 Å². The molecule has 1 amide bonds. The van der Waals surface area contributed by atoms with Crippen molar-refractivity contribution in [3.05, 3.63) is 101 Å². The molecule has 0 aromatic heterocycles. The Bertz CT molecular complexity index is 1200. The van der Waals surface area contributed by atoms with E-state index in [1.54, 1.807) is 12.1 Å². The van der Waals surface area contributed by atoms with Gasteiger partial charge < -0.3 is 9.80 Å². The van der Waals surface area contributed by atoms with Crippen molar-refractivity contribution in [1.82, 2.24) is 4.90 Å². The molecule has 3 aromatic rings. The number of para-hydroxylation sites is 1. The number of fused-ring (bicyclic) bond motifs is 1. The number of anilines is 1. The molecule has 1 fully saturated rings. The Morgan fingerprint density at radius 3 is 2.29 bits per heavy atom. The molecule has 5 heteroatoms. The number of ketones is 1. The van der Waals surface area contributed by atoms with Gasteiger partial charge in [0.1, 0.15) is 5.82 Å². The second-order valence-electron chi connectivity index (χ2n) is 9.96. The van der Waals surface area contributed by atoms with E-state index in [0.717, 1.165) is 49.3 Å². The largest absolute Gasteiger partial charge is 0.310 e. The van der Waals surface area contributed by atoms with E-state index < -0.39 is 5.41 Å². The van der Waals surface area contributed by atoms with Crippen molar-refractivity contribution >= 4 is 17.4 Å². The van der Waals surface area contributed by atoms with Crippen LogP contribution in [-0.2, 0) is 16.6 Å². The van der Waals surface area contributed by atoms with Crippen molar-refractivity contribution in [3.63, 3.8) is 0 Å². The Morgan fingerprint density at radius 2 is 1.57 bits per heavy atom. The van der Waals surface area contributed by atoms with Crippen LogP contribution in [0.3, 0.4) is 0 Å². The van der Waals surface area contributed by atoms with E-state index in [-0.39, 0.29) is 23.4 Å². The number of hydrogen-bond acceptors (Lipinski definition) is 3. The average Bonchev–Trinajstić information content (AvgIpc) is 3.10. The molecular weight excluding hydrogens is 439 g/mol. The summed E-state index contributed by atoms with van der Waals surface area (Å²) < 4.78 is 13.2. The van der Waals surface area contributed by atoms with Crippen LogP contribution in [-0.4, -0.2) is 42.8 Å². The van der Waals surface area contributed by atoms with Gasteiger partial charge in [-0.1, -0.05) is 48.5 Å². The number of piperidine rings is 1. The fraction of sp³-hybridized carbons (Fsp3) is 0.333.